The van der Waals surface area contributed by atoms with Crippen molar-refractivity contribution in [2.45, 2.75) is 0 Å². The molecular formula is C3H3CuOZr2. The van der Waals surface area contributed by atoms with Crippen molar-refractivity contribution >= 4 is 3.49 Å². The number of hydrogen-bond donors (Lipinski definition) is 0. The Kier molecular flexibility index (Phi) is 24.1. The molecule has 0 atom stereocenters. The summed E-state index contributed by atoms with van der Waals surface area (Å²) in [4.78, 5) is 9.73. The summed E-state index contributed by atoms with van der Waals surface area (Å²) in [5, 5.41) is 0. The molecule has 1 nitrogen and oxygen atoms in total. The van der Waals surface area contributed by atoms with Crippen molar-refractivity contribution in [3.8, 4) is 0 Å². The average Bonchev–Trinajstić information content (AvgIpc) is 1.38. The minimum Gasteiger partial charge on any atom is 0 e. The van der Waals surface area contributed by atoms with Crippen LogP contribution in [0.2, 0.25) is 0 Å². The fourth-order valence-electron chi connectivity index (χ4n) is 0. The van der Waals surface area contributed by atoms with Gasteiger partial charge >= 0.3 is 45.7 Å². The third-order valence-electron chi connectivity index (χ3n) is 0.185. The van der Waals surface area contributed by atoms with Gasteiger partial charge in [-0.2, -0.15) is 0 Å². The third kappa shape index (κ3) is 18.3. The molecule has 0 aliphatic carbocycles. The molecule has 0 bridgehead atoms. The van der Waals surface area contributed by atoms with Crippen LogP contribution in [0.4, 0.5) is 0 Å². The Morgan fingerprint density at radius 1 is 1.71 bits per heavy atom. The molecule has 4 heteroatoms. The minimum absolute atomic E-state index is 0. The van der Waals surface area contributed by atoms with E-state index in [1.54, 1.807) is 0 Å². The second-order valence-electron chi connectivity index (χ2n) is 0.568. The van der Waals surface area contributed by atoms with Crippen molar-refractivity contribution in [1.29, 1.82) is 0 Å². The van der Waals surface area contributed by atoms with Crippen LogP contribution in [0, 0.1) is 0 Å². The number of hydrogen-bond acceptors (Lipinski definition) is 1. The maximum atomic E-state index is 9.73. The first kappa shape index (κ1) is 15.9. The summed E-state index contributed by atoms with van der Waals surface area (Å²) in [6, 6.07) is 0. The van der Waals surface area contributed by atoms with Crippen molar-refractivity contribution in [2.24, 2.45) is 0 Å². The maximum Gasteiger partial charge on any atom is 0 e. The van der Waals surface area contributed by atoms with Gasteiger partial charge < -0.3 is 0 Å². The molecule has 0 unspecified atom stereocenters. The van der Waals surface area contributed by atoms with Crippen LogP contribution >= 0.6 is 0 Å². The molecule has 0 saturated heterocycles. The summed E-state index contributed by atoms with van der Waals surface area (Å²) in [5.41, 5.74) is 0. The van der Waals surface area contributed by atoms with Gasteiger partial charge in [0.2, 0.25) is 0 Å². The van der Waals surface area contributed by atoms with Gasteiger partial charge in [-0.05, 0) is 0 Å². The van der Waals surface area contributed by atoms with Gasteiger partial charge in [-0.1, -0.05) is 0 Å². The van der Waals surface area contributed by atoms with E-state index >= 15 is 0 Å². The average molecular weight is 301 g/mol. The molecule has 7 heavy (non-hydrogen) atoms. The van der Waals surface area contributed by atoms with E-state index in [1.165, 1.54) is 6.08 Å². The van der Waals surface area contributed by atoms with Gasteiger partial charge in [0.1, 0.15) is 0 Å². The molecule has 1 radical (unpaired) electrons. The molecule has 0 heterocycles. The Labute approximate surface area is 87.8 Å². The van der Waals surface area contributed by atoms with Crippen LogP contribution in [0.1, 0.15) is 0 Å². The van der Waals surface area contributed by atoms with Crippen molar-refractivity contribution in [2.75, 3.05) is 0 Å². The number of carbonyl (C=O) groups is 1. The summed E-state index contributed by atoms with van der Waals surface area (Å²) in [6.45, 7) is 3.23. The zero-order chi connectivity index (χ0) is 4.28. The van der Waals surface area contributed by atoms with Crippen molar-refractivity contribution < 1.29 is 72.8 Å². The van der Waals surface area contributed by atoms with E-state index in [-0.39, 0.29) is 46.8 Å². The zero-order valence-corrected chi connectivity index (χ0v) is 9.35. The first-order valence-corrected chi connectivity index (χ1v) is 2.38. The van der Waals surface area contributed by atoms with Gasteiger partial charge in [0.15, 0.2) is 0 Å². The van der Waals surface area contributed by atoms with Crippen LogP contribution in [-0.4, -0.2) is 3.49 Å². The van der Waals surface area contributed by atoms with Gasteiger partial charge in [0.05, 0.1) is 0 Å². The fourth-order valence-corrected chi connectivity index (χ4v) is 0. The summed E-state index contributed by atoms with van der Waals surface area (Å²) in [7, 11) is 0. The smallest absolute Gasteiger partial charge is 0 e. The minimum atomic E-state index is 0. The SMILES string of the molecule is C=C[C](=O)[Zr].[Cu].[Zr]. The van der Waals surface area contributed by atoms with E-state index in [1.807, 2.05) is 0 Å². The normalized spacial score (nSPS) is 4.43. The van der Waals surface area contributed by atoms with Crippen molar-refractivity contribution in [3.63, 3.8) is 0 Å². The van der Waals surface area contributed by atoms with E-state index in [2.05, 4.69) is 6.58 Å². The van der Waals surface area contributed by atoms with E-state index in [0.717, 1.165) is 24.7 Å². The second kappa shape index (κ2) is 10.6. The molecule has 0 amide bonds. The van der Waals surface area contributed by atoms with Crippen LogP contribution in [0.25, 0.3) is 0 Å². The molecule has 0 aliphatic rings. The molecule has 0 spiro atoms. The Hall–Kier alpha value is 1.70. The van der Waals surface area contributed by atoms with Gasteiger partial charge in [-0.3, -0.25) is 0 Å². The Morgan fingerprint density at radius 3 is 1.86 bits per heavy atom. The molecule has 0 N–H and O–H groups in total. The molecule has 0 aromatic rings. The first-order valence-electron chi connectivity index (χ1n) is 1.15. The standard InChI is InChI=1S/C3H3O.Cu.2Zr/c1-2-3-4;;;/h2H,1H2;;;. The van der Waals surface area contributed by atoms with E-state index in [9.17, 15) is 4.79 Å². The van der Waals surface area contributed by atoms with E-state index < -0.39 is 0 Å². The summed E-state index contributed by atoms with van der Waals surface area (Å²) in [5.74, 6) is 0. The van der Waals surface area contributed by atoms with Crippen LogP contribution in [0.5, 0.6) is 0 Å². The quantitative estimate of drug-likeness (QED) is 0.501. The van der Waals surface area contributed by atoms with Gasteiger partial charge in [0.25, 0.3) is 0 Å². The molecular weight excluding hydrogens is 298 g/mol. The number of allylic oxidation sites excluding steroid dienone is 1. The molecule has 0 aromatic heterocycles. The van der Waals surface area contributed by atoms with Crippen LogP contribution in [0.15, 0.2) is 12.7 Å². The molecule has 0 saturated carbocycles. The summed E-state index contributed by atoms with van der Waals surface area (Å²) < 4.78 is 0.109. The topological polar surface area (TPSA) is 17.1 Å². The molecule has 0 aromatic carbocycles. The van der Waals surface area contributed by atoms with Crippen LogP contribution in [-0.2, 0) is 72.8 Å². The van der Waals surface area contributed by atoms with Gasteiger partial charge in [-0.25, -0.2) is 0 Å². The molecule has 0 rings (SSSR count). The van der Waals surface area contributed by atoms with Crippen molar-refractivity contribution in [1.82, 2.24) is 0 Å². The van der Waals surface area contributed by atoms with Crippen LogP contribution < -0.4 is 0 Å². The monoisotopic (exact) mass is 298 g/mol. The summed E-state index contributed by atoms with van der Waals surface area (Å²) >= 11 is 0.913. The Morgan fingerprint density at radius 2 is 1.86 bits per heavy atom. The van der Waals surface area contributed by atoms with E-state index in [4.69, 9.17) is 0 Å². The Bertz CT molecular complexity index is 64.0. The van der Waals surface area contributed by atoms with Crippen molar-refractivity contribution in [3.05, 3.63) is 12.7 Å². The van der Waals surface area contributed by atoms with Crippen LogP contribution in [0.3, 0.4) is 0 Å². The third-order valence-corrected chi connectivity index (χ3v) is 0.687. The first-order chi connectivity index (χ1) is 2.27. The van der Waals surface area contributed by atoms with E-state index in [0.29, 0.717) is 0 Å². The number of rotatable bonds is 1. The molecule has 0 fully saturated rings. The second-order valence-corrected chi connectivity index (χ2v) is 1.78. The van der Waals surface area contributed by atoms with Gasteiger partial charge in [0, 0.05) is 43.3 Å². The van der Waals surface area contributed by atoms with Gasteiger partial charge in [-0.15, -0.1) is 0 Å². The zero-order valence-electron chi connectivity index (χ0n) is 3.49. The summed E-state index contributed by atoms with van der Waals surface area (Å²) in [6.07, 6.45) is 1.32. The predicted molar refractivity (Wildman–Crippen MR) is 15.2 cm³/mol. The molecule has 0 aliphatic heterocycles. The maximum absolute atomic E-state index is 9.73. The largest absolute Gasteiger partial charge is 0 e. The Balaban J connectivity index is -0.0000000800. The molecule has 40 valence electrons. The predicted octanol–water partition coefficient (Wildman–Crippen LogP) is 0.241. The fraction of sp³-hybridized carbons (Fsp3) is 0. The number of carbonyl (C=O) groups excluding carboxylic acids is 1.